The van der Waals surface area contributed by atoms with E-state index in [1.807, 2.05) is 4.90 Å². The van der Waals surface area contributed by atoms with Crippen LogP contribution in [0, 0.1) is 17.6 Å². The van der Waals surface area contributed by atoms with Gasteiger partial charge in [-0.2, -0.15) is 0 Å². The Morgan fingerprint density at radius 1 is 1.29 bits per heavy atom. The van der Waals surface area contributed by atoms with Gasteiger partial charge in [0.1, 0.15) is 4.99 Å². The molecule has 116 valence electrons. The van der Waals surface area contributed by atoms with Crippen molar-refractivity contribution in [2.45, 2.75) is 12.8 Å². The maximum absolute atomic E-state index is 14.2. The summed E-state index contributed by atoms with van der Waals surface area (Å²) in [7, 11) is 4.10. The molecule has 0 bridgehead atoms. The van der Waals surface area contributed by atoms with Crippen LogP contribution in [0.2, 0.25) is 0 Å². The van der Waals surface area contributed by atoms with Gasteiger partial charge in [-0.25, -0.2) is 8.78 Å². The molecule has 2 rings (SSSR count). The summed E-state index contributed by atoms with van der Waals surface area (Å²) in [6.07, 6.45) is 1.96. The zero-order valence-corrected chi connectivity index (χ0v) is 13.2. The smallest absolute Gasteiger partial charge is 0.182 e. The summed E-state index contributed by atoms with van der Waals surface area (Å²) in [6, 6.07) is 3.03. The van der Waals surface area contributed by atoms with Gasteiger partial charge in [-0.1, -0.05) is 12.2 Å². The second-order valence-corrected chi connectivity index (χ2v) is 6.26. The molecule has 2 N–H and O–H groups in total. The van der Waals surface area contributed by atoms with Gasteiger partial charge in [-0.3, -0.25) is 0 Å². The van der Waals surface area contributed by atoms with Gasteiger partial charge < -0.3 is 15.5 Å². The summed E-state index contributed by atoms with van der Waals surface area (Å²) in [4.78, 5) is 3.94. The van der Waals surface area contributed by atoms with E-state index in [0.29, 0.717) is 11.6 Å². The van der Waals surface area contributed by atoms with E-state index in [4.69, 9.17) is 18.0 Å². The molecule has 3 nitrogen and oxygen atoms in total. The largest absolute Gasteiger partial charge is 0.389 e. The Hall–Kier alpha value is -1.27. The van der Waals surface area contributed by atoms with E-state index in [2.05, 4.69) is 19.0 Å². The summed E-state index contributed by atoms with van der Waals surface area (Å²) in [6.45, 7) is 2.51. The molecule has 1 aliphatic rings. The fourth-order valence-electron chi connectivity index (χ4n) is 2.85. The lowest BCUT2D eigenvalue weighted by molar-refractivity contribution is 0.284. The molecule has 0 atom stereocenters. The maximum atomic E-state index is 14.2. The molecule has 1 fully saturated rings. The quantitative estimate of drug-likeness (QED) is 0.865. The first-order valence-corrected chi connectivity index (χ1v) is 7.48. The van der Waals surface area contributed by atoms with Crippen LogP contribution in [0.25, 0.3) is 0 Å². The van der Waals surface area contributed by atoms with Gasteiger partial charge in [-0.05, 0) is 45.0 Å². The van der Waals surface area contributed by atoms with Crippen LogP contribution in [0.5, 0.6) is 0 Å². The molecule has 1 aliphatic heterocycles. The van der Waals surface area contributed by atoms with Crippen molar-refractivity contribution in [2.75, 3.05) is 38.6 Å². The fourth-order valence-corrected chi connectivity index (χ4v) is 3.00. The Balaban J connectivity index is 2.10. The molecule has 1 aromatic rings. The number of hydrogen-bond donors (Lipinski definition) is 1. The van der Waals surface area contributed by atoms with Gasteiger partial charge in [0.2, 0.25) is 0 Å². The van der Waals surface area contributed by atoms with E-state index in [-0.39, 0.29) is 10.6 Å². The topological polar surface area (TPSA) is 32.5 Å². The number of nitrogens with zero attached hydrogens (tertiary/aromatic N) is 2. The standard InChI is InChI=1S/C15H21F2N3S/c1-19(2)9-10-5-7-20(8-6-10)12-4-3-11(15(18)21)13(16)14(12)17/h3-4,10H,5-9H2,1-2H3,(H2,18,21). The first kappa shape index (κ1) is 16.1. The first-order valence-electron chi connectivity index (χ1n) is 7.07. The predicted molar refractivity (Wildman–Crippen MR) is 85.7 cm³/mol. The summed E-state index contributed by atoms with van der Waals surface area (Å²) in [5.41, 5.74) is 5.65. The second-order valence-electron chi connectivity index (χ2n) is 5.82. The third-order valence-electron chi connectivity index (χ3n) is 3.91. The molecule has 0 radical (unpaired) electrons. The molecule has 21 heavy (non-hydrogen) atoms. The van der Waals surface area contributed by atoms with E-state index < -0.39 is 11.6 Å². The minimum atomic E-state index is -0.949. The van der Waals surface area contributed by atoms with Gasteiger partial charge in [0, 0.05) is 25.2 Å². The van der Waals surface area contributed by atoms with E-state index in [1.165, 1.54) is 6.07 Å². The van der Waals surface area contributed by atoms with Crippen LogP contribution in [0.3, 0.4) is 0 Å². The van der Waals surface area contributed by atoms with E-state index >= 15 is 0 Å². The van der Waals surface area contributed by atoms with Crippen LogP contribution < -0.4 is 10.6 Å². The molecule has 1 heterocycles. The summed E-state index contributed by atoms with van der Waals surface area (Å²) in [5, 5.41) is 0. The van der Waals surface area contributed by atoms with Gasteiger partial charge in [-0.15, -0.1) is 0 Å². The van der Waals surface area contributed by atoms with Crippen LogP contribution in [0.15, 0.2) is 12.1 Å². The number of piperidine rings is 1. The van der Waals surface area contributed by atoms with Crippen molar-refractivity contribution in [3.63, 3.8) is 0 Å². The third-order valence-corrected chi connectivity index (χ3v) is 4.13. The highest BCUT2D eigenvalue weighted by Crippen LogP contribution is 2.28. The number of halogens is 2. The number of hydrogen-bond acceptors (Lipinski definition) is 3. The van der Waals surface area contributed by atoms with Crippen molar-refractivity contribution in [3.8, 4) is 0 Å². The summed E-state index contributed by atoms with van der Waals surface area (Å²) >= 11 is 4.72. The number of nitrogens with two attached hydrogens (primary N) is 1. The highest BCUT2D eigenvalue weighted by atomic mass is 32.1. The zero-order chi connectivity index (χ0) is 15.6. The van der Waals surface area contributed by atoms with Crippen LogP contribution in [0.1, 0.15) is 18.4 Å². The maximum Gasteiger partial charge on any atom is 0.182 e. The minimum absolute atomic E-state index is 0.0336. The number of thiocarbonyl (C=S) groups is 1. The van der Waals surface area contributed by atoms with Gasteiger partial charge in [0.15, 0.2) is 11.6 Å². The fraction of sp³-hybridized carbons (Fsp3) is 0.533. The molecule has 0 saturated carbocycles. The van der Waals surface area contributed by atoms with Crippen molar-refractivity contribution in [1.29, 1.82) is 0 Å². The Morgan fingerprint density at radius 2 is 1.90 bits per heavy atom. The normalized spacial score (nSPS) is 16.5. The van der Waals surface area contributed by atoms with E-state index in [0.717, 1.165) is 32.5 Å². The molecule has 0 spiro atoms. The third kappa shape index (κ3) is 3.68. The molecule has 0 aromatic heterocycles. The molecule has 6 heteroatoms. The number of benzene rings is 1. The Kier molecular flexibility index (Phi) is 5.11. The lowest BCUT2D eigenvalue weighted by atomic mass is 9.96. The van der Waals surface area contributed by atoms with Crippen LogP contribution >= 0.6 is 12.2 Å². The Labute approximate surface area is 129 Å². The molecule has 1 aromatic carbocycles. The van der Waals surface area contributed by atoms with E-state index in [1.54, 1.807) is 6.07 Å². The van der Waals surface area contributed by atoms with E-state index in [9.17, 15) is 8.78 Å². The summed E-state index contributed by atoms with van der Waals surface area (Å²) < 4.78 is 28.1. The predicted octanol–water partition coefficient (Wildman–Crippen LogP) is 2.38. The molecular formula is C15H21F2N3S. The molecule has 1 saturated heterocycles. The van der Waals surface area contributed by atoms with Crippen molar-refractivity contribution in [3.05, 3.63) is 29.3 Å². The monoisotopic (exact) mass is 313 g/mol. The average Bonchev–Trinajstić information content (AvgIpc) is 2.42. The van der Waals surface area contributed by atoms with Crippen LogP contribution in [-0.4, -0.2) is 43.6 Å². The van der Waals surface area contributed by atoms with Gasteiger partial charge in [0.25, 0.3) is 0 Å². The highest BCUT2D eigenvalue weighted by molar-refractivity contribution is 7.80. The second kappa shape index (κ2) is 6.66. The van der Waals surface area contributed by atoms with Crippen molar-refractivity contribution < 1.29 is 8.78 Å². The molecule has 0 unspecified atom stereocenters. The van der Waals surface area contributed by atoms with Crippen molar-refractivity contribution in [1.82, 2.24) is 4.90 Å². The van der Waals surface area contributed by atoms with Gasteiger partial charge >= 0.3 is 0 Å². The lowest BCUT2D eigenvalue weighted by Crippen LogP contribution is -2.37. The molecular weight excluding hydrogens is 292 g/mol. The number of anilines is 1. The first-order chi connectivity index (χ1) is 9.90. The highest BCUT2D eigenvalue weighted by Gasteiger charge is 2.24. The molecule has 0 aliphatic carbocycles. The SMILES string of the molecule is CN(C)CC1CCN(c2ccc(C(N)=S)c(F)c2F)CC1. The lowest BCUT2D eigenvalue weighted by Gasteiger charge is -2.35. The Morgan fingerprint density at radius 3 is 2.43 bits per heavy atom. The van der Waals surface area contributed by atoms with Crippen molar-refractivity contribution in [2.24, 2.45) is 11.7 Å². The Bertz CT molecular complexity index is 526. The zero-order valence-electron chi connectivity index (χ0n) is 12.4. The van der Waals surface area contributed by atoms with Crippen LogP contribution in [0.4, 0.5) is 14.5 Å². The average molecular weight is 313 g/mol. The summed E-state index contributed by atoms with van der Waals surface area (Å²) in [5.74, 6) is -1.19. The van der Waals surface area contributed by atoms with Crippen LogP contribution in [-0.2, 0) is 0 Å². The number of rotatable bonds is 4. The minimum Gasteiger partial charge on any atom is -0.389 e. The molecule has 0 amide bonds. The van der Waals surface area contributed by atoms with Crippen molar-refractivity contribution >= 4 is 22.9 Å². The van der Waals surface area contributed by atoms with Gasteiger partial charge in [0.05, 0.1) is 5.69 Å².